The zero-order valence-corrected chi connectivity index (χ0v) is 50.5. The molecule has 16 rings (SSSR count). The molecule has 7 heteroatoms. The molecule has 0 fully saturated rings. The van der Waals surface area contributed by atoms with Crippen molar-refractivity contribution < 1.29 is 4.42 Å². The number of furan rings is 1. The Morgan fingerprint density at radius 2 is 0.897 bits per heavy atom. The number of hydrogen-bond acceptors (Lipinski definition) is 6. The summed E-state index contributed by atoms with van der Waals surface area (Å²) in [6.45, 7) is 13.6. The molecular formula is C80H63BN4OS. The van der Waals surface area contributed by atoms with E-state index >= 15 is 0 Å². The number of benzene rings is 12. The van der Waals surface area contributed by atoms with Crippen molar-refractivity contribution in [2.24, 2.45) is 0 Å². The average molecular weight is 1140 g/mol. The lowest BCUT2D eigenvalue weighted by Crippen LogP contribution is -2.61. The second-order valence-electron chi connectivity index (χ2n) is 25.3. The first-order valence-electron chi connectivity index (χ1n) is 30.3. The highest BCUT2D eigenvalue weighted by Gasteiger charge is 2.46. The van der Waals surface area contributed by atoms with Gasteiger partial charge in [-0.25, -0.2) is 0 Å². The maximum atomic E-state index is 6.96. The molecule has 418 valence electrons. The molecule has 2 aliphatic rings. The molecule has 0 unspecified atom stereocenters. The van der Waals surface area contributed by atoms with Gasteiger partial charge in [-0.2, -0.15) is 0 Å². The van der Waals surface area contributed by atoms with Crippen molar-refractivity contribution >= 4 is 145 Å². The van der Waals surface area contributed by atoms with Crippen molar-refractivity contribution in [1.82, 2.24) is 0 Å². The molecule has 0 saturated carbocycles. The fourth-order valence-electron chi connectivity index (χ4n) is 13.7. The molecule has 0 N–H and O–H groups in total. The number of nitrogens with zero attached hydrogens (tertiary/aromatic N) is 4. The first-order valence-corrected chi connectivity index (χ1v) is 31.1. The molecule has 0 amide bonds. The Morgan fingerprint density at radius 3 is 1.55 bits per heavy atom. The van der Waals surface area contributed by atoms with Crippen LogP contribution in [0.15, 0.2) is 277 Å². The highest BCUT2D eigenvalue weighted by molar-refractivity contribution is 7.28. The lowest BCUT2D eigenvalue weighted by molar-refractivity contribution is 0.590. The summed E-state index contributed by atoms with van der Waals surface area (Å²) in [6, 6.07) is 101. The van der Waals surface area contributed by atoms with Crippen molar-refractivity contribution in [2.75, 3.05) is 19.6 Å². The first-order chi connectivity index (χ1) is 42.4. The second-order valence-corrected chi connectivity index (χ2v) is 26.3. The number of para-hydroxylation sites is 4. The summed E-state index contributed by atoms with van der Waals surface area (Å²) in [5.41, 5.74) is 23.5. The average Bonchev–Trinajstić information content (AvgIpc) is 1.78. The van der Waals surface area contributed by atoms with Gasteiger partial charge in [0.2, 0.25) is 0 Å². The summed E-state index contributed by atoms with van der Waals surface area (Å²) in [5.74, 6) is 0. The number of fused-ring (bicyclic) bond motifs is 11. The Hall–Kier alpha value is -10.1. The van der Waals surface area contributed by atoms with Crippen LogP contribution in [0.25, 0.3) is 53.2 Å². The molecule has 5 nitrogen and oxygen atoms in total. The predicted molar refractivity (Wildman–Crippen MR) is 373 cm³/mol. The zero-order chi connectivity index (χ0) is 58.7. The summed E-state index contributed by atoms with van der Waals surface area (Å²) in [5, 5.41) is 4.66. The largest absolute Gasteiger partial charge is 0.454 e. The fraction of sp³-hybridized carbons (Fsp3) is 0.100. The van der Waals surface area contributed by atoms with E-state index in [1.807, 2.05) is 11.3 Å². The molecule has 87 heavy (non-hydrogen) atoms. The molecule has 2 aliphatic heterocycles. The summed E-state index contributed by atoms with van der Waals surface area (Å²) in [7, 11) is 0. The van der Waals surface area contributed by atoms with E-state index in [0.717, 1.165) is 101 Å². The van der Waals surface area contributed by atoms with Crippen molar-refractivity contribution in [2.45, 2.75) is 52.4 Å². The van der Waals surface area contributed by atoms with Gasteiger partial charge in [0.1, 0.15) is 5.58 Å². The van der Waals surface area contributed by atoms with E-state index in [0.29, 0.717) is 0 Å². The maximum absolute atomic E-state index is 6.96. The third kappa shape index (κ3) is 8.66. The number of thiophene rings is 1. The molecule has 0 spiro atoms. The molecule has 0 saturated heterocycles. The van der Waals surface area contributed by atoms with Gasteiger partial charge in [0, 0.05) is 87.8 Å². The van der Waals surface area contributed by atoms with Gasteiger partial charge in [0.05, 0.1) is 11.4 Å². The molecule has 4 heterocycles. The van der Waals surface area contributed by atoms with Gasteiger partial charge in [0.25, 0.3) is 6.71 Å². The van der Waals surface area contributed by atoms with Gasteiger partial charge in [0.15, 0.2) is 5.58 Å². The van der Waals surface area contributed by atoms with Gasteiger partial charge in [-0.05, 0) is 159 Å². The quantitative estimate of drug-likeness (QED) is 0.134. The SMILES string of the molecule is CC(C)(C)c1ccc(N2c3cc(N(c4cccc(-c5ccccc5)c4)c4cccc5c4oc4ccccc45)ccc3B3c4c2cccc4N(c2ccc(C(C)(C)C)cc2)c2cc(N(c4ccccc4)c4ccccc4)c4c(sc5ccccc54)c23)cc1. The van der Waals surface area contributed by atoms with Crippen LogP contribution in [0, 0.1) is 0 Å². The second kappa shape index (κ2) is 20.3. The standard InChI is InChI=1S/C80H63BN4OS/c1-79(2,3)54-39-43-58(44-40-54)84-66-34-22-35-67-75(66)81(65-48-47-61(50-69(65)84)83(60-30-20-25-53(49-60)52-23-10-7-11-24-52)68-36-21-33-63-62-31-16-18-37-72(62)86-77(63)68)76-71(85(67)59-45-41-55(42-46-59)80(4,5)6)51-70(74-64-32-17-19-38-73(64)87-78(74)76)82(56-26-12-8-13-27-56)57-28-14-9-15-29-57/h7-51H,1-6H3. The minimum absolute atomic E-state index is 0.0257. The van der Waals surface area contributed by atoms with Crippen LogP contribution >= 0.6 is 11.3 Å². The Bertz CT molecular complexity index is 4930. The van der Waals surface area contributed by atoms with Crippen LogP contribution in [0.4, 0.5) is 68.2 Å². The molecule has 2 aromatic heterocycles. The van der Waals surface area contributed by atoms with Crippen molar-refractivity contribution in [3.8, 4) is 11.1 Å². The molecule has 0 aliphatic carbocycles. The van der Waals surface area contributed by atoms with Gasteiger partial charge in [-0.1, -0.05) is 205 Å². The number of hydrogen-bond donors (Lipinski definition) is 0. The Morgan fingerprint density at radius 1 is 0.379 bits per heavy atom. The number of rotatable bonds is 9. The van der Waals surface area contributed by atoms with Crippen LogP contribution in [0.1, 0.15) is 52.7 Å². The third-order valence-corrected chi connectivity index (χ3v) is 19.1. The molecule has 14 aromatic rings. The summed E-state index contributed by atoms with van der Waals surface area (Å²) >= 11 is 1.92. The molecule has 12 aromatic carbocycles. The highest BCUT2D eigenvalue weighted by Crippen LogP contribution is 2.53. The highest BCUT2D eigenvalue weighted by atomic mass is 32.1. The topological polar surface area (TPSA) is 26.1 Å². The maximum Gasteiger partial charge on any atom is 0.254 e. The van der Waals surface area contributed by atoms with E-state index < -0.39 is 0 Å². The van der Waals surface area contributed by atoms with Crippen LogP contribution in [0.3, 0.4) is 0 Å². The van der Waals surface area contributed by atoms with Crippen LogP contribution in [-0.2, 0) is 10.8 Å². The van der Waals surface area contributed by atoms with Crippen LogP contribution in [-0.4, -0.2) is 6.71 Å². The molecular weight excluding hydrogens is 1080 g/mol. The van der Waals surface area contributed by atoms with E-state index in [1.54, 1.807) is 0 Å². The van der Waals surface area contributed by atoms with Crippen LogP contribution in [0.2, 0.25) is 0 Å². The zero-order valence-electron chi connectivity index (χ0n) is 49.7. The van der Waals surface area contributed by atoms with E-state index in [4.69, 9.17) is 4.42 Å². The molecule has 0 radical (unpaired) electrons. The van der Waals surface area contributed by atoms with E-state index in [9.17, 15) is 0 Å². The first kappa shape index (κ1) is 52.5. The van der Waals surface area contributed by atoms with Gasteiger partial charge in [-0.15, -0.1) is 11.3 Å². The Balaban J connectivity index is 1.01. The summed E-state index contributed by atoms with van der Waals surface area (Å²) < 4.78 is 9.49. The van der Waals surface area contributed by atoms with E-state index in [1.165, 1.54) is 47.7 Å². The minimum atomic E-state index is -0.175. The minimum Gasteiger partial charge on any atom is -0.454 e. The third-order valence-electron chi connectivity index (χ3n) is 17.9. The van der Waals surface area contributed by atoms with E-state index in [-0.39, 0.29) is 17.5 Å². The van der Waals surface area contributed by atoms with Gasteiger partial charge in [-0.3, -0.25) is 0 Å². The molecule has 0 atom stereocenters. The smallest absolute Gasteiger partial charge is 0.254 e. The van der Waals surface area contributed by atoms with Crippen molar-refractivity contribution in [3.05, 3.63) is 284 Å². The Labute approximate surface area is 513 Å². The molecule has 0 bridgehead atoms. The Kier molecular flexibility index (Phi) is 12.2. The van der Waals surface area contributed by atoms with Crippen LogP contribution in [0.5, 0.6) is 0 Å². The lowest BCUT2D eigenvalue weighted by Gasteiger charge is -2.45. The normalized spacial score (nSPS) is 12.9. The predicted octanol–water partition coefficient (Wildman–Crippen LogP) is 21.2. The van der Waals surface area contributed by atoms with Crippen LogP contribution < -0.4 is 36.0 Å². The lowest BCUT2D eigenvalue weighted by atomic mass is 9.33. The summed E-state index contributed by atoms with van der Waals surface area (Å²) in [4.78, 5) is 10.0. The fourth-order valence-corrected chi connectivity index (χ4v) is 15.0. The monoisotopic (exact) mass is 1140 g/mol. The van der Waals surface area contributed by atoms with Gasteiger partial charge < -0.3 is 24.0 Å². The summed E-state index contributed by atoms with van der Waals surface area (Å²) in [6.07, 6.45) is 0. The van der Waals surface area contributed by atoms with Crippen molar-refractivity contribution in [3.63, 3.8) is 0 Å². The van der Waals surface area contributed by atoms with E-state index in [2.05, 4.69) is 334 Å². The number of anilines is 12. The van der Waals surface area contributed by atoms with Crippen molar-refractivity contribution in [1.29, 1.82) is 0 Å². The van der Waals surface area contributed by atoms with Gasteiger partial charge >= 0.3 is 0 Å².